The van der Waals surface area contributed by atoms with Gasteiger partial charge in [-0.15, -0.1) is 0 Å². The van der Waals surface area contributed by atoms with Crippen molar-refractivity contribution in [2.24, 2.45) is 0 Å². The number of hydrogen-bond donors (Lipinski definition) is 10. The topological polar surface area (TPSA) is 425 Å². The minimum Gasteiger partial charge on any atom is -0.856 e. The lowest BCUT2D eigenvalue weighted by Gasteiger charge is -2.17. The highest BCUT2D eigenvalue weighted by Gasteiger charge is 2.49. The number of nitrogen functional groups attached to an aromatic ring is 2. The molecule has 2 aliphatic heterocycles. The van der Waals surface area contributed by atoms with Crippen LogP contribution in [-0.4, -0.2) is 131 Å². The fraction of sp³-hybridized carbons (Fsp3) is 0.292. The monoisotopic (exact) mass is 1300 g/mol. The van der Waals surface area contributed by atoms with E-state index in [2.05, 4.69) is 19.9 Å². The molecule has 4 aromatic carbocycles. The number of hydrogen-bond acceptors (Lipinski definition) is 20. The van der Waals surface area contributed by atoms with Crippen LogP contribution in [0.25, 0.3) is 44.6 Å². The molecule has 10 rings (SSSR count). The molecule has 2 saturated heterocycles. The summed E-state index contributed by atoms with van der Waals surface area (Å²) in [6.07, 6.45) is -7.56. The molecule has 0 aliphatic carbocycles. The van der Waals surface area contributed by atoms with E-state index in [0.717, 1.165) is 33.4 Å². The molecule has 8 aromatic rings. The molecule has 0 saturated carbocycles. The first kappa shape index (κ1) is 63.8. The van der Waals surface area contributed by atoms with Crippen LogP contribution >= 0.6 is 71.8 Å². The number of rotatable bonds is 16. The first-order chi connectivity index (χ1) is 39.0. The number of ether oxygens (including phenoxy) is 2. The summed E-state index contributed by atoms with van der Waals surface area (Å²) >= 11 is 20.0. The molecule has 27 nitrogen and oxygen atoms in total. The Labute approximate surface area is 490 Å². The predicted molar refractivity (Wildman–Crippen MR) is 300 cm³/mol. The van der Waals surface area contributed by atoms with Gasteiger partial charge in [0.25, 0.3) is 23.6 Å². The maximum Gasteiger partial charge on any atom is 0.340 e. The third-order valence-corrected chi connectivity index (χ3v) is 22.6. The quantitative estimate of drug-likeness (QED) is 0.0482. The Morgan fingerprint density at radius 2 is 0.928 bits per heavy atom. The molecule has 0 spiro atoms. The summed E-state index contributed by atoms with van der Waals surface area (Å²) < 4.78 is 66.0. The van der Waals surface area contributed by atoms with Crippen LogP contribution < -0.4 is 30.8 Å². The molecule has 0 radical (unpaired) electrons. The lowest BCUT2D eigenvalue weighted by molar-refractivity contribution is -0.746. The Balaban J connectivity index is 0.000000192. The lowest BCUT2D eigenvalue weighted by atomic mass is 10.0. The second-order valence-electron chi connectivity index (χ2n) is 18.8. The van der Waals surface area contributed by atoms with Gasteiger partial charge in [-0.3, -0.25) is 27.4 Å². The highest BCUT2D eigenvalue weighted by Crippen LogP contribution is 2.72. The minimum atomic E-state index is -4.87. The number of anilines is 2. The number of nitrogens with zero attached hydrogens (tertiary/aromatic N) is 8. The van der Waals surface area contributed by atoms with Gasteiger partial charge >= 0.3 is 26.5 Å². The highest BCUT2D eigenvalue weighted by molar-refractivity contribution is 8.21. The largest absolute Gasteiger partial charge is 0.856 e. The molecule has 0 amide bonds. The van der Waals surface area contributed by atoms with Gasteiger partial charge in [0, 0.05) is 11.8 Å². The second-order valence-corrected chi connectivity index (χ2v) is 33.8. The number of fused-ring (bicyclic) bond motifs is 2. The van der Waals surface area contributed by atoms with Gasteiger partial charge in [-0.25, -0.2) is 19.1 Å². The maximum absolute atomic E-state index is 12.9. The van der Waals surface area contributed by atoms with Crippen molar-refractivity contribution in [2.45, 2.75) is 62.2 Å². The summed E-state index contributed by atoms with van der Waals surface area (Å²) in [7, 11) is -9.61. The van der Waals surface area contributed by atoms with Gasteiger partial charge in [-0.05, 0) is 78.3 Å². The maximum atomic E-state index is 12.9. The predicted octanol–water partition coefficient (Wildman–Crippen LogP) is 4.03. The number of benzene rings is 4. The van der Waals surface area contributed by atoms with E-state index in [1.807, 2.05) is 109 Å². The van der Waals surface area contributed by atoms with Gasteiger partial charge in [-0.2, -0.15) is 0 Å². The van der Waals surface area contributed by atoms with Crippen LogP contribution in [0.15, 0.2) is 122 Å². The second kappa shape index (κ2) is 26.2. The lowest BCUT2D eigenvalue weighted by Crippen LogP contribution is -2.46. The zero-order chi connectivity index (χ0) is 60.3. The van der Waals surface area contributed by atoms with E-state index in [9.17, 15) is 58.9 Å². The van der Waals surface area contributed by atoms with Crippen LogP contribution in [0.5, 0.6) is 11.8 Å². The fourth-order valence-electron chi connectivity index (χ4n) is 9.00. The van der Waals surface area contributed by atoms with Crippen molar-refractivity contribution < 1.29 is 91.8 Å². The number of aromatic nitrogens is 8. The van der Waals surface area contributed by atoms with Crippen LogP contribution in [0.4, 0.5) is 11.9 Å². The first-order valence-corrected chi connectivity index (χ1v) is 35.3. The van der Waals surface area contributed by atoms with Crippen molar-refractivity contribution in [2.75, 3.05) is 36.5 Å². The molecule has 2 fully saturated rings. The van der Waals surface area contributed by atoms with E-state index in [1.165, 1.54) is 15.5 Å². The zero-order valence-electron chi connectivity index (χ0n) is 42.7. The Kier molecular flexibility index (Phi) is 20.2. The van der Waals surface area contributed by atoms with E-state index >= 15 is 0 Å². The summed E-state index contributed by atoms with van der Waals surface area (Å²) in [6, 6.07) is 35.4. The smallest absolute Gasteiger partial charge is 0.340 e. The Hall–Kier alpha value is -5.18. The molecule has 2 aliphatic rings. The van der Waals surface area contributed by atoms with Crippen molar-refractivity contribution in [3.05, 3.63) is 133 Å². The fourth-order valence-corrected chi connectivity index (χ4v) is 20.5. The van der Waals surface area contributed by atoms with Crippen LogP contribution in [-0.2, 0) is 45.3 Å². The molecule has 83 heavy (non-hydrogen) atoms. The van der Waals surface area contributed by atoms with Gasteiger partial charge in [0.1, 0.15) is 42.5 Å². The Morgan fingerprint density at radius 3 is 1.28 bits per heavy atom. The van der Waals surface area contributed by atoms with E-state index < -0.39 is 113 Å². The summed E-state index contributed by atoms with van der Waals surface area (Å²) in [6.45, 7) is -0.698. The van der Waals surface area contributed by atoms with Crippen LogP contribution in [0, 0.1) is 0 Å². The summed E-state index contributed by atoms with van der Waals surface area (Å²) in [5.74, 6) is -10.5. The van der Waals surface area contributed by atoms with Crippen molar-refractivity contribution >= 4 is 106 Å². The van der Waals surface area contributed by atoms with Gasteiger partial charge in [0.05, 0.1) is 26.3 Å². The minimum absolute atomic E-state index is 0.00977. The normalized spacial score (nSPS) is 21.7. The number of halogens is 4. The van der Waals surface area contributed by atoms with Crippen molar-refractivity contribution in [1.29, 1.82) is 0 Å². The molecular weight excluding hydrogens is 1250 g/mol. The molecule has 6 heterocycles. The highest BCUT2D eigenvalue weighted by atomic mass is 35.9. The summed E-state index contributed by atoms with van der Waals surface area (Å²) in [4.78, 5) is 43.5. The summed E-state index contributed by atoms with van der Waals surface area (Å²) in [5, 5.41) is 76.9. The third-order valence-electron chi connectivity index (χ3n) is 12.7. The molecule has 4 aromatic heterocycles. The molecule has 9 atom stereocenters. The van der Waals surface area contributed by atoms with Gasteiger partial charge in [-0.1, -0.05) is 119 Å². The molecule has 0 bridgehead atoms. The van der Waals surface area contributed by atoms with Gasteiger partial charge in [0.15, 0.2) is 29.6 Å². The average molecular weight is 1310 g/mol. The average Bonchev–Trinajstić information content (AvgIpc) is 2.13. The standard InChI is InChI=1S/C24H27N5O10P2.C23H23N5O5.CH2Cl4O2P2/c25-24-26-21-18(22(32)27-24)28(10-14-6-8-16(9-7-14)15-4-2-1-3-5-15)12-29(21)23-20(31)19(30)17(39-23)11-38-41(36,37)13-40(33,34)35;24-23-25-20-17(21(32)26-23)27(12-28(20)22-19(31)18(30)16(11-29)33-22)10-13-6-8-15(9-7-13)14-4-2-1-3-5-14;2-8(3,6)1-9(4,5)7/h1-9,12,17,19-20,23,30-31H,10-11,13H2,(H5-,25,26,27,32,33,34,35,36,37);1-9,12,16,18-19,22,29-31H,10-11H2,(H2-,24,25,26,32);1H2/t17-,19-,20-,23-;16-,18-,19-,22-;/m11./s1. The number of imidazole rings is 2. The zero-order valence-corrected chi connectivity index (χ0v) is 49.3. The van der Waals surface area contributed by atoms with E-state index in [1.54, 1.807) is 15.5 Å². The Bertz CT molecular complexity index is 3750. The third kappa shape index (κ3) is 16.2. The molecule has 1 unspecified atom stereocenters. The summed E-state index contributed by atoms with van der Waals surface area (Å²) in [5.41, 5.74) is 17.8. The van der Waals surface area contributed by atoms with Gasteiger partial charge in [0.2, 0.25) is 12.5 Å². The Morgan fingerprint density at radius 1 is 0.554 bits per heavy atom. The number of nitrogens with two attached hydrogens (primary N) is 2. The van der Waals surface area contributed by atoms with Gasteiger partial charge < -0.3 is 75.9 Å². The van der Waals surface area contributed by atoms with E-state index in [0.29, 0.717) is 6.54 Å². The molecule has 12 N–H and O–H groups in total. The van der Waals surface area contributed by atoms with Crippen LogP contribution in [0.3, 0.4) is 0 Å². The SMILES string of the molecule is Nc1nc([O-])c2c(n1)[n+]([C@@H]1O[C@H](CO)[C@@H](O)[C@H]1O)cn2Cc1ccc(-c2ccccc2)cc1.Nc1nc([O-])c2c(n1)[n+]([C@@H]1O[C@H](COP(=O)(O)CP(=O)(O)O)[C@@H](O)[C@H]1O)cn2Cc1ccc(-c2ccccc2)cc1.O=P(Cl)(Cl)CP(=O)(Cl)Cl. The molecule has 35 heteroatoms. The van der Waals surface area contributed by atoms with Crippen molar-refractivity contribution in [3.8, 4) is 34.0 Å². The van der Waals surface area contributed by atoms with Crippen LogP contribution in [0.1, 0.15) is 23.6 Å². The number of aliphatic hydroxyl groups is 5. The van der Waals surface area contributed by atoms with E-state index in [-0.39, 0.29) is 40.8 Å². The van der Waals surface area contributed by atoms with Crippen LogP contribution in [0.2, 0.25) is 0 Å². The number of aliphatic hydroxyl groups excluding tert-OH is 5. The first-order valence-electron chi connectivity index (χ1n) is 24.4. The molecule has 444 valence electrons. The van der Waals surface area contributed by atoms with Crippen molar-refractivity contribution in [1.82, 2.24) is 29.1 Å². The van der Waals surface area contributed by atoms with E-state index in [4.69, 9.17) is 80.2 Å². The molecular formula is C48H52Cl4N10O17P4. The van der Waals surface area contributed by atoms with Crippen molar-refractivity contribution in [3.63, 3.8) is 0 Å².